The normalized spacial score (nSPS) is 20.9. The Labute approximate surface area is 222 Å². The molecule has 3 heterocycles. The summed E-state index contributed by atoms with van der Waals surface area (Å²) in [6, 6.07) is 15.9. The second kappa shape index (κ2) is 11.3. The number of aliphatic hydroxyl groups is 1. The molecule has 2 amide bonds. The van der Waals surface area contributed by atoms with E-state index in [0.717, 1.165) is 30.5 Å². The lowest BCUT2D eigenvalue weighted by Crippen LogP contribution is -2.50. The number of anilines is 1. The zero-order chi connectivity index (χ0) is 26.6. The molecule has 0 aliphatic carbocycles. The first kappa shape index (κ1) is 25.8. The topological polar surface area (TPSA) is 119 Å². The third-order valence-electron chi connectivity index (χ3n) is 7.55. The molecule has 1 unspecified atom stereocenters. The van der Waals surface area contributed by atoms with Crippen LogP contribution in [0.15, 0.2) is 65.3 Å². The molecule has 9 nitrogen and oxygen atoms in total. The van der Waals surface area contributed by atoms with Gasteiger partial charge in [-0.05, 0) is 62.8 Å². The van der Waals surface area contributed by atoms with Crippen LogP contribution < -0.4 is 5.32 Å². The summed E-state index contributed by atoms with van der Waals surface area (Å²) < 4.78 is 5.61. The van der Waals surface area contributed by atoms with Gasteiger partial charge in [0, 0.05) is 24.3 Å². The van der Waals surface area contributed by atoms with Crippen molar-refractivity contribution in [2.24, 2.45) is 0 Å². The first-order valence-corrected chi connectivity index (χ1v) is 13.2. The van der Waals surface area contributed by atoms with Gasteiger partial charge >= 0.3 is 6.09 Å². The number of carboxylic acid groups (broad SMARTS) is 1. The molecule has 4 atom stereocenters. The van der Waals surface area contributed by atoms with E-state index in [0.29, 0.717) is 43.1 Å². The smallest absolute Gasteiger partial charge is 0.407 e. The van der Waals surface area contributed by atoms with E-state index in [2.05, 4.69) is 10.3 Å². The van der Waals surface area contributed by atoms with Gasteiger partial charge in [0.15, 0.2) is 0 Å². The molecule has 2 saturated heterocycles. The second-order valence-corrected chi connectivity index (χ2v) is 10.2. The number of hydrogen-bond donors (Lipinski definition) is 3. The summed E-state index contributed by atoms with van der Waals surface area (Å²) in [6.07, 6.45) is 3.17. The highest BCUT2D eigenvalue weighted by atomic mass is 16.4. The molecule has 1 aromatic heterocycles. The molecule has 9 heteroatoms. The minimum absolute atomic E-state index is 0.0972. The van der Waals surface area contributed by atoms with Crippen molar-refractivity contribution in [3.05, 3.63) is 83.6 Å². The van der Waals surface area contributed by atoms with Crippen molar-refractivity contribution < 1.29 is 24.2 Å². The summed E-state index contributed by atoms with van der Waals surface area (Å²) in [6.45, 7) is 2.91. The van der Waals surface area contributed by atoms with Crippen LogP contribution in [0.5, 0.6) is 0 Å². The first-order valence-electron chi connectivity index (χ1n) is 13.2. The van der Waals surface area contributed by atoms with Crippen molar-refractivity contribution in [3.8, 4) is 0 Å². The molecule has 0 bridgehead atoms. The number of likely N-dealkylation sites (tertiary alicyclic amines) is 2. The molecule has 2 fully saturated rings. The highest BCUT2D eigenvalue weighted by Gasteiger charge is 2.38. The van der Waals surface area contributed by atoms with Crippen molar-refractivity contribution >= 4 is 17.7 Å². The van der Waals surface area contributed by atoms with Crippen LogP contribution in [0.2, 0.25) is 0 Å². The van der Waals surface area contributed by atoms with E-state index >= 15 is 0 Å². The van der Waals surface area contributed by atoms with E-state index < -0.39 is 24.3 Å². The Hall–Kier alpha value is -3.85. The molecular weight excluding hydrogens is 484 g/mol. The number of carbonyl (C=O) groups is 2. The van der Waals surface area contributed by atoms with Gasteiger partial charge in [-0.1, -0.05) is 36.4 Å². The fourth-order valence-corrected chi connectivity index (χ4v) is 5.69. The molecule has 200 valence electrons. The van der Waals surface area contributed by atoms with Crippen LogP contribution >= 0.6 is 0 Å². The van der Waals surface area contributed by atoms with Gasteiger partial charge in [0.25, 0.3) is 5.91 Å². The Bertz CT molecular complexity index is 1260. The summed E-state index contributed by atoms with van der Waals surface area (Å²) in [5, 5.41) is 24.5. The number of rotatable bonds is 8. The Kier molecular flexibility index (Phi) is 7.64. The first-order chi connectivity index (χ1) is 18.4. The molecule has 0 spiro atoms. The fraction of sp³-hybridized carbons (Fsp3) is 0.414. The number of aryl methyl sites for hydroxylation is 1. The zero-order valence-electron chi connectivity index (χ0n) is 21.5. The molecule has 5 rings (SSSR count). The van der Waals surface area contributed by atoms with E-state index in [1.165, 1.54) is 4.90 Å². The predicted molar refractivity (Wildman–Crippen MR) is 142 cm³/mol. The Balaban J connectivity index is 1.37. The Morgan fingerprint density at radius 1 is 1.08 bits per heavy atom. The summed E-state index contributed by atoms with van der Waals surface area (Å²) in [5.41, 5.74) is 3.04. The number of amides is 2. The van der Waals surface area contributed by atoms with E-state index in [9.17, 15) is 19.8 Å². The standard InChI is InChI=1S/C29H34N4O5/c1-19-18-38-27(30-19)25-13-7-14-32(25)28(35)21-10-5-11-22(17-21)31-23(16-20-8-3-2-4-9-20)26(34)24-12-6-15-33(24)29(36)37/h2-5,8-11,17-18,23-26,31,34H,6-7,12-16H2,1H3,(H,36,37)/t23-,24?,25+,26-/m0/s1. The van der Waals surface area contributed by atoms with Gasteiger partial charge in [-0.3, -0.25) is 4.79 Å². The van der Waals surface area contributed by atoms with Crippen LogP contribution in [0.3, 0.4) is 0 Å². The van der Waals surface area contributed by atoms with Crippen molar-refractivity contribution in [1.29, 1.82) is 0 Å². The Morgan fingerprint density at radius 2 is 1.84 bits per heavy atom. The largest absolute Gasteiger partial charge is 0.465 e. The average Bonchev–Trinajstić information content (AvgIpc) is 3.69. The third kappa shape index (κ3) is 5.52. The average molecular weight is 519 g/mol. The summed E-state index contributed by atoms with van der Waals surface area (Å²) in [4.78, 5) is 32.9. The van der Waals surface area contributed by atoms with Crippen molar-refractivity contribution in [1.82, 2.24) is 14.8 Å². The van der Waals surface area contributed by atoms with Gasteiger partial charge in [0.1, 0.15) is 12.3 Å². The number of carbonyl (C=O) groups excluding carboxylic acids is 1. The van der Waals surface area contributed by atoms with Crippen LogP contribution in [-0.2, 0) is 6.42 Å². The lowest BCUT2D eigenvalue weighted by Gasteiger charge is -2.33. The highest BCUT2D eigenvalue weighted by molar-refractivity contribution is 5.95. The molecule has 3 N–H and O–H groups in total. The fourth-order valence-electron chi connectivity index (χ4n) is 5.69. The summed E-state index contributed by atoms with van der Waals surface area (Å²) >= 11 is 0. The molecule has 0 saturated carbocycles. The van der Waals surface area contributed by atoms with E-state index in [4.69, 9.17) is 4.42 Å². The van der Waals surface area contributed by atoms with Crippen LogP contribution in [0.4, 0.5) is 10.5 Å². The van der Waals surface area contributed by atoms with Gasteiger partial charge in [0.2, 0.25) is 5.89 Å². The molecule has 2 aromatic carbocycles. The van der Waals surface area contributed by atoms with Gasteiger partial charge in [-0.15, -0.1) is 0 Å². The van der Waals surface area contributed by atoms with Crippen molar-refractivity contribution in [2.75, 3.05) is 18.4 Å². The quantitative estimate of drug-likeness (QED) is 0.402. The molecule has 0 radical (unpaired) electrons. The molecule has 38 heavy (non-hydrogen) atoms. The molecular formula is C29H34N4O5. The van der Waals surface area contributed by atoms with E-state index in [1.54, 1.807) is 18.4 Å². The number of oxazole rings is 1. The number of nitrogens with one attached hydrogen (secondary N) is 1. The number of aromatic nitrogens is 1. The monoisotopic (exact) mass is 518 g/mol. The maximum atomic E-state index is 13.5. The van der Waals surface area contributed by atoms with Gasteiger partial charge in [-0.2, -0.15) is 0 Å². The number of nitrogens with zero attached hydrogens (tertiary/aromatic N) is 3. The van der Waals surface area contributed by atoms with Crippen LogP contribution in [0.25, 0.3) is 0 Å². The molecule has 2 aliphatic heterocycles. The Morgan fingerprint density at radius 3 is 2.58 bits per heavy atom. The predicted octanol–water partition coefficient (Wildman–Crippen LogP) is 4.49. The van der Waals surface area contributed by atoms with E-state index in [1.807, 2.05) is 54.3 Å². The number of hydrogen-bond acceptors (Lipinski definition) is 6. The third-order valence-corrected chi connectivity index (χ3v) is 7.55. The summed E-state index contributed by atoms with van der Waals surface area (Å²) in [5.74, 6) is 0.466. The number of aliphatic hydroxyl groups excluding tert-OH is 1. The van der Waals surface area contributed by atoms with Gasteiger partial charge in [0.05, 0.1) is 23.9 Å². The minimum Gasteiger partial charge on any atom is -0.465 e. The number of benzene rings is 2. The zero-order valence-corrected chi connectivity index (χ0v) is 21.5. The van der Waals surface area contributed by atoms with Gasteiger partial charge < -0.3 is 29.7 Å². The maximum absolute atomic E-state index is 13.5. The molecule has 2 aliphatic rings. The lowest BCUT2D eigenvalue weighted by atomic mass is 9.94. The lowest BCUT2D eigenvalue weighted by molar-refractivity contribution is 0.0563. The van der Waals surface area contributed by atoms with Crippen LogP contribution in [-0.4, -0.2) is 68.3 Å². The SMILES string of the molecule is Cc1coc([C@H]2CCCN2C(=O)c2cccc(N[C@@H](Cc3ccccc3)[C@H](O)C3CCCN3C(=O)O)c2)n1. The van der Waals surface area contributed by atoms with Gasteiger partial charge in [-0.25, -0.2) is 9.78 Å². The minimum atomic E-state index is -1.01. The van der Waals surface area contributed by atoms with Crippen molar-refractivity contribution in [3.63, 3.8) is 0 Å². The van der Waals surface area contributed by atoms with Crippen LogP contribution in [0.1, 0.15) is 59.2 Å². The van der Waals surface area contributed by atoms with Crippen LogP contribution in [0, 0.1) is 6.92 Å². The highest BCUT2D eigenvalue weighted by Crippen LogP contribution is 2.33. The van der Waals surface area contributed by atoms with Crippen molar-refractivity contribution in [2.45, 2.75) is 63.3 Å². The second-order valence-electron chi connectivity index (χ2n) is 10.2. The maximum Gasteiger partial charge on any atom is 0.407 e. The van der Waals surface area contributed by atoms with E-state index in [-0.39, 0.29) is 11.9 Å². The summed E-state index contributed by atoms with van der Waals surface area (Å²) in [7, 11) is 0. The molecule has 3 aromatic rings.